The number of anilines is 1. The second-order valence-electron chi connectivity index (χ2n) is 6.56. The van der Waals surface area contributed by atoms with Crippen LogP contribution in [0.2, 0.25) is 10.0 Å². The average Bonchev–Trinajstić information content (AvgIpc) is 3.07. The zero-order chi connectivity index (χ0) is 22.2. The van der Waals surface area contributed by atoms with Crippen molar-refractivity contribution in [2.75, 3.05) is 4.72 Å². The highest BCUT2D eigenvalue weighted by Gasteiger charge is 2.15. The Balaban J connectivity index is 1.60. The molecule has 0 aliphatic rings. The van der Waals surface area contributed by atoms with E-state index in [0.29, 0.717) is 31.6 Å². The maximum Gasteiger partial charge on any atom is 0.279 e. The number of aromatic nitrogens is 1. The van der Waals surface area contributed by atoms with Crippen LogP contribution in [0.5, 0.6) is 0 Å². The number of aryl methyl sites for hydroxylation is 1. The summed E-state index contributed by atoms with van der Waals surface area (Å²) in [5.74, 6) is -0.457. The number of sulfonamides is 1. The number of rotatable bonds is 4. The molecule has 0 atom stereocenters. The van der Waals surface area contributed by atoms with Crippen molar-refractivity contribution in [3.8, 4) is 0 Å². The molecule has 4 aromatic rings. The normalized spacial score (nSPS) is 12.3. The lowest BCUT2D eigenvalue weighted by molar-refractivity contribution is 0.0998. The van der Waals surface area contributed by atoms with Gasteiger partial charge < -0.3 is 4.57 Å². The van der Waals surface area contributed by atoms with Gasteiger partial charge in [0, 0.05) is 18.3 Å². The third-order valence-corrected chi connectivity index (χ3v) is 7.78. The second-order valence-corrected chi connectivity index (χ2v) is 10.0. The van der Waals surface area contributed by atoms with Crippen LogP contribution in [0, 0.1) is 0 Å². The molecule has 0 radical (unpaired) electrons. The molecule has 158 valence electrons. The third-order valence-electron chi connectivity index (χ3n) is 4.49. The van der Waals surface area contributed by atoms with Crippen LogP contribution in [-0.4, -0.2) is 18.9 Å². The van der Waals surface area contributed by atoms with Crippen molar-refractivity contribution in [2.24, 2.45) is 12.0 Å². The highest BCUT2D eigenvalue weighted by atomic mass is 35.5. The number of nitrogens with zero attached hydrogens (tertiary/aromatic N) is 2. The molecular weight excluding hydrogens is 477 g/mol. The first kappa shape index (κ1) is 21.6. The minimum atomic E-state index is -3.71. The van der Waals surface area contributed by atoms with Crippen molar-refractivity contribution in [3.63, 3.8) is 0 Å². The molecule has 1 amide bonds. The molecule has 0 aliphatic heterocycles. The fourth-order valence-corrected chi connectivity index (χ4v) is 5.53. The molecular formula is C21H15Cl2N3O3S2. The van der Waals surface area contributed by atoms with Gasteiger partial charge in [-0.1, -0.05) is 52.7 Å². The van der Waals surface area contributed by atoms with E-state index in [1.165, 1.54) is 47.7 Å². The van der Waals surface area contributed by atoms with Gasteiger partial charge in [-0.3, -0.25) is 9.52 Å². The van der Waals surface area contributed by atoms with Crippen LogP contribution in [0.1, 0.15) is 10.4 Å². The molecule has 0 saturated heterocycles. The Morgan fingerprint density at radius 2 is 1.68 bits per heavy atom. The SMILES string of the molecule is Cn1c(=NC(=O)c2ccc(NS(=O)(=O)c3ccccc3)cc2)sc2ccc(Cl)c(Cl)c21. The van der Waals surface area contributed by atoms with Gasteiger partial charge in [0.2, 0.25) is 0 Å². The van der Waals surface area contributed by atoms with Gasteiger partial charge >= 0.3 is 0 Å². The molecule has 0 saturated carbocycles. The fraction of sp³-hybridized carbons (Fsp3) is 0.0476. The van der Waals surface area contributed by atoms with E-state index >= 15 is 0 Å². The highest BCUT2D eigenvalue weighted by molar-refractivity contribution is 7.92. The highest BCUT2D eigenvalue weighted by Crippen LogP contribution is 2.31. The molecule has 0 aliphatic carbocycles. The first-order valence-corrected chi connectivity index (χ1v) is 12.0. The van der Waals surface area contributed by atoms with Crippen molar-refractivity contribution < 1.29 is 13.2 Å². The number of nitrogens with one attached hydrogen (secondary N) is 1. The van der Waals surface area contributed by atoms with E-state index in [1.54, 1.807) is 35.9 Å². The number of carbonyl (C=O) groups is 1. The van der Waals surface area contributed by atoms with Gasteiger partial charge in [-0.2, -0.15) is 4.99 Å². The van der Waals surface area contributed by atoms with Gasteiger partial charge in [0.1, 0.15) is 0 Å². The van der Waals surface area contributed by atoms with Crippen LogP contribution in [0.15, 0.2) is 76.6 Å². The molecule has 6 nitrogen and oxygen atoms in total. The minimum Gasteiger partial charge on any atom is -0.318 e. The molecule has 0 unspecified atom stereocenters. The molecule has 1 aromatic heterocycles. The van der Waals surface area contributed by atoms with Crippen LogP contribution in [-0.2, 0) is 17.1 Å². The van der Waals surface area contributed by atoms with Crippen molar-refractivity contribution >= 4 is 66.4 Å². The smallest absolute Gasteiger partial charge is 0.279 e. The Labute approximate surface area is 192 Å². The number of thiazole rings is 1. The summed E-state index contributed by atoms with van der Waals surface area (Å²) >= 11 is 13.7. The number of hydrogen-bond donors (Lipinski definition) is 1. The summed E-state index contributed by atoms with van der Waals surface area (Å²) < 4.78 is 29.9. The van der Waals surface area contributed by atoms with Crippen LogP contribution < -0.4 is 9.52 Å². The van der Waals surface area contributed by atoms with E-state index in [9.17, 15) is 13.2 Å². The first-order valence-electron chi connectivity index (χ1n) is 8.97. The zero-order valence-corrected chi connectivity index (χ0v) is 19.2. The topological polar surface area (TPSA) is 80.5 Å². The van der Waals surface area contributed by atoms with Gasteiger partial charge in [-0.15, -0.1) is 0 Å². The summed E-state index contributed by atoms with van der Waals surface area (Å²) in [5, 5.41) is 0.829. The summed E-state index contributed by atoms with van der Waals surface area (Å²) in [5.41, 5.74) is 1.37. The van der Waals surface area contributed by atoms with Crippen molar-refractivity contribution in [1.82, 2.24) is 4.57 Å². The first-order chi connectivity index (χ1) is 14.8. The molecule has 0 fully saturated rings. The standard InChI is InChI=1S/C21H15Cl2N3O3S2/c1-26-19-17(12-11-16(22)18(19)23)30-21(26)24-20(27)13-7-9-14(10-8-13)25-31(28,29)15-5-3-2-4-6-15/h2-12,25H,1H3. The van der Waals surface area contributed by atoms with Crippen molar-refractivity contribution in [1.29, 1.82) is 0 Å². The van der Waals surface area contributed by atoms with Crippen molar-refractivity contribution in [2.45, 2.75) is 4.90 Å². The molecule has 31 heavy (non-hydrogen) atoms. The third kappa shape index (κ3) is 4.38. The van der Waals surface area contributed by atoms with Crippen LogP contribution in [0.25, 0.3) is 10.2 Å². The maximum atomic E-state index is 12.6. The van der Waals surface area contributed by atoms with Gasteiger partial charge in [0.15, 0.2) is 4.80 Å². The predicted molar refractivity (Wildman–Crippen MR) is 124 cm³/mol. The largest absolute Gasteiger partial charge is 0.318 e. The number of amides is 1. The number of benzene rings is 3. The van der Waals surface area contributed by atoms with E-state index in [-0.39, 0.29) is 4.90 Å². The molecule has 0 spiro atoms. The molecule has 3 aromatic carbocycles. The quantitative estimate of drug-likeness (QED) is 0.431. The Bertz CT molecular complexity index is 1460. The Hall–Kier alpha value is -2.65. The number of carbonyl (C=O) groups excluding carboxylic acids is 1. The van der Waals surface area contributed by atoms with Crippen LogP contribution in [0.3, 0.4) is 0 Å². The van der Waals surface area contributed by atoms with E-state index < -0.39 is 15.9 Å². The molecule has 1 heterocycles. The van der Waals surface area contributed by atoms with E-state index in [4.69, 9.17) is 23.2 Å². The lowest BCUT2D eigenvalue weighted by atomic mass is 10.2. The van der Waals surface area contributed by atoms with Gasteiger partial charge in [0.05, 0.1) is 25.2 Å². The lowest BCUT2D eigenvalue weighted by Gasteiger charge is -2.08. The van der Waals surface area contributed by atoms with Crippen molar-refractivity contribution in [3.05, 3.63) is 87.1 Å². The average molecular weight is 492 g/mol. The van der Waals surface area contributed by atoms with E-state index in [1.807, 2.05) is 6.07 Å². The number of hydrogen-bond acceptors (Lipinski definition) is 4. The lowest BCUT2D eigenvalue weighted by Crippen LogP contribution is -2.14. The molecule has 10 heteroatoms. The summed E-state index contributed by atoms with van der Waals surface area (Å²) in [7, 11) is -1.95. The number of halogens is 2. The Kier molecular flexibility index (Phi) is 5.90. The summed E-state index contributed by atoms with van der Waals surface area (Å²) in [6, 6.07) is 17.6. The van der Waals surface area contributed by atoms with Gasteiger partial charge in [-0.05, 0) is 48.5 Å². The Morgan fingerprint density at radius 1 is 1.00 bits per heavy atom. The predicted octanol–water partition coefficient (Wildman–Crippen LogP) is 5.09. The number of fused-ring (bicyclic) bond motifs is 1. The van der Waals surface area contributed by atoms with Crippen LogP contribution >= 0.6 is 34.5 Å². The monoisotopic (exact) mass is 491 g/mol. The van der Waals surface area contributed by atoms with Gasteiger partial charge in [0.25, 0.3) is 15.9 Å². The second kappa shape index (κ2) is 8.47. The zero-order valence-electron chi connectivity index (χ0n) is 16.0. The molecule has 4 rings (SSSR count). The van der Waals surface area contributed by atoms with E-state index in [2.05, 4.69) is 9.71 Å². The maximum absolute atomic E-state index is 12.6. The minimum absolute atomic E-state index is 0.154. The van der Waals surface area contributed by atoms with Crippen LogP contribution in [0.4, 0.5) is 5.69 Å². The summed E-state index contributed by atoms with van der Waals surface area (Å²) in [6.07, 6.45) is 0. The summed E-state index contributed by atoms with van der Waals surface area (Å²) in [4.78, 5) is 17.5. The molecule has 0 bridgehead atoms. The molecule has 1 N–H and O–H groups in total. The van der Waals surface area contributed by atoms with E-state index in [0.717, 1.165) is 4.70 Å². The fourth-order valence-electron chi connectivity index (χ4n) is 2.92. The van der Waals surface area contributed by atoms with Gasteiger partial charge in [-0.25, -0.2) is 8.42 Å². The Morgan fingerprint density at radius 3 is 2.35 bits per heavy atom. The summed E-state index contributed by atoms with van der Waals surface area (Å²) in [6.45, 7) is 0.